The molecule has 1 atom stereocenters. The van der Waals surface area contributed by atoms with Crippen LogP contribution < -0.4 is 5.73 Å². The first-order valence-corrected chi connectivity index (χ1v) is 8.54. The van der Waals surface area contributed by atoms with Gasteiger partial charge in [0.25, 0.3) is 0 Å². The first kappa shape index (κ1) is 16.2. The molecule has 5 nitrogen and oxygen atoms in total. The summed E-state index contributed by atoms with van der Waals surface area (Å²) in [6.07, 6.45) is 1.42. The molecule has 1 unspecified atom stereocenters. The second-order valence-electron chi connectivity index (χ2n) is 5.15. The number of aliphatic carboxylic acids is 1. The Morgan fingerprint density at radius 1 is 1.14 bits per heavy atom. The summed E-state index contributed by atoms with van der Waals surface area (Å²) in [6, 6.07) is 13.0. The molecule has 3 N–H and O–H groups in total. The number of hydrogen-bond donors (Lipinski definition) is 2. The molecule has 0 radical (unpaired) electrons. The molecule has 2 rings (SSSR count). The van der Waals surface area contributed by atoms with Crippen molar-refractivity contribution in [2.45, 2.75) is 17.4 Å². The number of benzene rings is 2. The zero-order valence-corrected chi connectivity index (χ0v) is 12.9. The number of sulfone groups is 1. The maximum Gasteiger partial charge on any atom is 0.320 e. The van der Waals surface area contributed by atoms with E-state index in [1.54, 1.807) is 30.3 Å². The number of rotatable bonds is 5. The largest absolute Gasteiger partial charge is 0.480 e. The van der Waals surface area contributed by atoms with Crippen molar-refractivity contribution in [2.75, 3.05) is 6.26 Å². The highest BCUT2D eigenvalue weighted by atomic mass is 32.2. The first-order chi connectivity index (χ1) is 10.3. The van der Waals surface area contributed by atoms with E-state index in [0.29, 0.717) is 0 Å². The molecule has 0 aliphatic carbocycles. The minimum absolute atomic E-state index is 0.249. The van der Waals surface area contributed by atoms with Gasteiger partial charge in [0.15, 0.2) is 9.84 Å². The van der Waals surface area contributed by atoms with E-state index in [0.717, 1.165) is 16.7 Å². The molecule has 2 aromatic rings. The smallest absolute Gasteiger partial charge is 0.320 e. The molecule has 22 heavy (non-hydrogen) atoms. The lowest BCUT2D eigenvalue weighted by molar-refractivity contribution is -0.138. The van der Waals surface area contributed by atoms with Crippen molar-refractivity contribution in [1.82, 2.24) is 0 Å². The standard InChI is InChI=1S/C16H17NO4S/c1-22(20,21)14-4-2-3-13(10-14)12-7-5-11(6-8-12)9-15(17)16(18)19/h2-8,10,15H,9,17H2,1H3,(H,18,19). The quantitative estimate of drug-likeness (QED) is 0.874. The van der Waals surface area contributed by atoms with Crippen LogP contribution in [0, 0.1) is 0 Å². The predicted molar refractivity (Wildman–Crippen MR) is 84.3 cm³/mol. The summed E-state index contributed by atoms with van der Waals surface area (Å²) >= 11 is 0. The van der Waals surface area contributed by atoms with E-state index in [1.807, 2.05) is 18.2 Å². The van der Waals surface area contributed by atoms with Crippen LogP contribution in [0.15, 0.2) is 53.4 Å². The maximum absolute atomic E-state index is 11.6. The SMILES string of the molecule is CS(=O)(=O)c1cccc(-c2ccc(CC(N)C(=O)O)cc2)c1. The fourth-order valence-electron chi connectivity index (χ4n) is 2.08. The summed E-state index contributed by atoms with van der Waals surface area (Å²) in [4.78, 5) is 11.0. The Labute approximate surface area is 129 Å². The van der Waals surface area contributed by atoms with Gasteiger partial charge in [0.1, 0.15) is 6.04 Å². The molecule has 0 bridgehead atoms. The lowest BCUT2D eigenvalue weighted by atomic mass is 10.0. The Balaban J connectivity index is 2.26. The summed E-state index contributed by atoms with van der Waals surface area (Å²) in [7, 11) is -3.25. The summed E-state index contributed by atoms with van der Waals surface area (Å²) in [5.74, 6) is -1.04. The van der Waals surface area contributed by atoms with Gasteiger partial charge in [-0.05, 0) is 35.2 Å². The highest BCUT2D eigenvalue weighted by Crippen LogP contribution is 2.23. The number of nitrogens with two attached hydrogens (primary N) is 1. The van der Waals surface area contributed by atoms with Gasteiger partial charge in [0, 0.05) is 6.26 Å². The van der Waals surface area contributed by atoms with E-state index in [4.69, 9.17) is 10.8 Å². The van der Waals surface area contributed by atoms with Crippen LogP contribution in [0.5, 0.6) is 0 Å². The van der Waals surface area contributed by atoms with Gasteiger partial charge in [0.2, 0.25) is 0 Å². The molecular weight excluding hydrogens is 302 g/mol. The molecule has 0 amide bonds. The molecule has 2 aromatic carbocycles. The molecular formula is C16H17NO4S. The minimum Gasteiger partial charge on any atom is -0.480 e. The molecule has 0 aromatic heterocycles. The van der Waals surface area contributed by atoms with Crippen molar-refractivity contribution in [1.29, 1.82) is 0 Å². The van der Waals surface area contributed by atoms with Gasteiger partial charge < -0.3 is 10.8 Å². The number of hydrogen-bond acceptors (Lipinski definition) is 4. The monoisotopic (exact) mass is 319 g/mol. The van der Waals surface area contributed by atoms with Crippen molar-refractivity contribution >= 4 is 15.8 Å². The third-order valence-corrected chi connectivity index (χ3v) is 4.43. The minimum atomic E-state index is -3.25. The molecule has 0 heterocycles. The predicted octanol–water partition coefficient (Wildman–Crippen LogP) is 1.71. The van der Waals surface area contributed by atoms with Crippen LogP contribution in [0.3, 0.4) is 0 Å². The highest BCUT2D eigenvalue weighted by molar-refractivity contribution is 7.90. The van der Waals surface area contributed by atoms with Gasteiger partial charge in [0.05, 0.1) is 4.90 Å². The van der Waals surface area contributed by atoms with E-state index in [-0.39, 0.29) is 11.3 Å². The van der Waals surface area contributed by atoms with Crippen LogP contribution in [-0.4, -0.2) is 31.8 Å². The van der Waals surface area contributed by atoms with E-state index in [9.17, 15) is 13.2 Å². The van der Waals surface area contributed by atoms with Crippen LogP contribution in [-0.2, 0) is 21.1 Å². The van der Waals surface area contributed by atoms with Crippen molar-refractivity contribution in [3.8, 4) is 11.1 Å². The molecule has 0 saturated heterocycles. The number of carboxylic acids is 1. The lowest BCUT2D eigenvalue weighted by Crippen LogP contribution is -2.32. The van der Waals surface area contributed by atoms with E-state index >= 15 is 0 Å². The second-order valence-corrected chi connectivity index (χ2v) is 7.16. The van der Waals surface area contributed by atoms with Gasteiger partial charge in [-0.2, -0.15) is 0 Å². The average Bonchev–Trinajstić information content (AvgIpc) is 2.47. The zero-order chi connectivity index (χ0) is 16.3. The normalized spacial score (nSPS) is 12.8. The number of carbonyl (C=O) groups is 1. The van der Waals surface area contributed by atoms with Gasteiger partial charge in [-0.3, -0.25) is 4.79 Å². The topological polar surface area (TPSA) is 97.5 Å². The zero-order valence-electron chi connectivity index (χ0n) is 12.1. The summed E-state index contributed by atoms with van der Waals surface area (Å²) < 4.78 is 23.2. The molecule has 116 valence electrons. The van der Waals surface area contributed by atoms with Crippen molar-refractivity contribution in [3.63, 3.8) is 0 Å². The van der Waals surface area contributed by atoms with Crippen LogP contribution in [0.4, 0.5) is 0 Å². The molecule has 0 spiro atoms. The van der Waals surface area contributed by atoms with Crippen molar-refractivity contribution < 1.29 is 18.3 Å². The third kappa shape index (κ3) is 3.93. The van der Waals surface area contributed by atoms with E-state index in [2.05, 4.69) is 0 Å². The fourth-order valence-corrected chi connectivity index (χ4v) is 2.75. The van der Waals surface area contributed by atoms with Gasteiger partial charge >= 0.3 is 5.97 Å². The number of carboxylic acid groups (broad SMARTS) is 1. The van der Waals surface area contributed by atoms with Gasteiger partial charge in [-0.25, -0.2) is 8.42 Å². The highest BCUT2D eigenvalue weighted by Gasteiger charge is 2.12. The average molecular weight is 319 g/mol. The van der Waals surface area contributed by atoms with Crippen molar-refractivity contribution in [2.24, 2.45) is 5.73 Å². The van der Waals surface area contributed by atoms with Crippen LogP contribution in [0.2, 0.25) is 0 Å². The maximum atomic E-state index is 11.6. The van der Waals surface area contributed by atoms with Crippen molar-refractivity contribution in [3.05, 3.63) is 54.1 Å². The third-order valence-electron chi connectivity index (χ3n) is 3.32. The Bertz CT molecular complexity index is 782. The van der Waals surface area contributed by atoms with Gasteiger partial charge in [-0.15, -0.1) is 0 Å². The summed E-state index contributed by atoms with van der Waals surface area (Å²) in [6.45, 7) is 0. The molecule has 0 aliphatic heterocycles. The Morgan fingerprint density at radius 2 is 1.77 bits per heavy atom. The first-order valence-electron chi connectivity index (χ1n) is 6.65. The van der Waals surface area contributed by atoms with E-state index in [1.165, 1.54) is 6.26 Å². The molecule has 0 saturated carbocycles. The van der Waals surface area contributed by atoms with Crippen LogP contribution >= 0.6 is 0 Å². The summed E-state index contributed by atoms with van der Waals surface area (Å²) in [5.41, 5.74) is 7.96. The Hall–Kier alpha value is -2.18. The molecule has 0 fully saturated rings. The molecule has 6 heteroatoms. The molecule has 0 aliphatic rings. The summed E-state index contributed by atoms with van der Waals surface area (Å²) in [5, 5.41) is 8.80. The van der Waals surface area contributed by atoms with Crippen LogP contribution in [0.1, 0.15) is 5.56 Å². The second kappa shape index (κ2) is 6.29. The van der Waals surface area contributed by atoms with Crippen LogP contribution in [0.25, 0.3) is 11.1 Å². The fraction of sp³-hybridized carbons (Fsp3) is 0.188. The van der Waals surface area contributed by atoms with E-state index < -0.39 is 21.8 Å². The van der Waals surface area contributed by atoms with Gasteiger partial charge in [-0.1, -0.05) is 36.4 Å². The Morgan fingerprint density at radius 3 is 2.32 bits per heavy atom. The lowest BCUT2D eigenvalue weighted by Gasteiger charge is -2.08. The Kier molecular flexibility index (Phi) is 4.63.